The first-order chi connectivity index (χ1) is 32.0. The summed E-state index contributed by atoms with van der Waals surface area (Å²) in [5.74, 6) is 4.30. The Morgan fingerprint density at radius 1 is 0.831 bits per heavy atom. The van der Waals surface area contributed by atoms with Gasteiger partial charge in [-0.15, -0.1) is 0 Å². The van der Waals surface area contributed by atoms with Crippen LogP contribution in [0.3, 0.4) is 0 Å². The van der Waals surface area contributed by atoms with Crippen molar-refractivity contribution < 1.29 is 14.3 Å². The zero-order valence-corrected chi connectivity index (χ0v) is 36.4. The Labute approximate surface area is 377 Å². The molecule has 0 saturated heterocycles. The van der Waals surface area contributed by atoms with E-state index in [1.54, 1.807) is 12.4 Å². The molecule has 65 heavy (non-hydrogen) atoms. The third-order valence-electron chi connectivity index (χ3n) is 11.9. The summed E-state index contributed by atoms with van der Waals surface area (Å²) >= 11 is 0. The van der Waals surface area contributed by atoms with Gasteiger partial charge >= 0.3 is 0 Å². The van der Waals surface area contributed by atoms with Crippen LogP contribution in [0.5, 0.6) is 5.88 Å². The Balaban J connectivity index is 0.000000155. The van der Waals surface area contributed by atoms with E-state index in [1.165, 1.54) is 12.0 Å². The van der Waals surface area contributed by atoms with Crippen LogP contribution in [0.2, 0.25) is 0 Å². The molecule has 0 amide bonds. The summed E-state index contributed by atoms with van der Waals surface area (Å²) < 4.78 is 13.5. The number of nitrogens with zero attached hydrogens (tertiary/aromatic N) is 9. The van der Waals surface area contributed by atoms with Gasteiger partial charge in [0.05, 0.1) is 30.2 Å². The van der Waals surface area contributed by atoms with E-state index in [2.05, 4.69) is 78.1 Å². The SMILES string of the molecule is Cc1nccn1-c1ccc(Nc2nc3c(c(N4c5ccccc5C[C@@H]4CO)n2)CN(C)CC3)cc1.c1ccc(COc2nc(Nc3ccc(-c4cnco4)cc3)nc3c2CNCC3)cc1. The molecule has 0 fully saturated rings. The number of aryl methyl sites for hydroxylation is 1. The highest BCUT2D eigenvalue weighted by Crippen LogP contribution is 2.41. The van der Waals surface area contributed by atoms with Crippen molar-refractivity contribution in [3.8, 4) is 22.9 Å². The van der Waals surface area contributed by atoms with Crippen molar-refractivity contribution in [1.82, 2.24) is 44.7 Å². The fourth-order valence-electron chi connectivity index (χ4n) is 8.58. The quantitative estimate of drug-likeness (QED) is 0.0992. The Kier molecular flexibility index (Phi) is 12.0. The summed E-state index contributed by atoms with van der Waals surface area (Å²) in [6, 6.07) is 34.5. The molecule has 0 aliphatic carbocycles. The number of ether oxygens (including phenoxy) is 1. The minimum Gasteiger partial charge on any atom is -0.472 e. The second kappa shape index (κ2) is 18.7. The monoisotopic (exact) mass is 866 g/mol. The van der Waals surface area contributed by atoms with Crippen LogP contribution in [-0.4, -0.2) is 77.3 Å². The van der Waals surface area contributed by atoms with Gasteiger partial charge in [0.2, 0.25) is 17.8 Å². The van der Waals surface area contributed by atoms with E-state index in [0.29, 0.717) is 30.9 Å². The standard InChI is InChI=1S/C27H29N7O.C23H21N5O2/c1-18-28-12-14-33(18)21-9-7-20(8-10-21)29-27-30-24-11-13-32(2)16-23(24)26(31-27)34-22(17-35)15-19-5-3-4-6-25(19)34;1-2-4-16(5-3-1)14-29-22-19-12-24-11-10-20(19)27-23(28-22)26-18-8-6-17(7-9-18)21-13-25-15-30-21/h3-10,12,14,22,35H,11,13,15-17H2,1-2H3,(H,29,30,31);1-9,13,15,24H,10-12,14H2,(H,26,27,28)/t22-;/m1./s1. The molecule has 328 valence electrons. The number of aromatic nitrogens is 7. The Bertz CT molecular complexity index is 2870. The van der Waals surface area contributed by atoms with Gasteiger partial charge in [0, 0.05) is 90.9 Å². The summed E-state index contributed by atoms with van der Waals surface area (Å²) in [5.41, 5.74) is 11.6. The number of hydrogen-bond donors (Lipinski definition) is 4. The number of nitrogens with one attached hydrogen (secondary N) is 3. The third kappa shape index (κ3) is 9.15. The number of hydrogen-bond acceptors (Lipinski definition) is 14. The van der Waals surface area contributed by atoms with Crippen LogP contribution in [0.25, 0.3) is 17.0 Å². The van der Waals surface area contributed by atoms with Gasteiger partial charge in [-0.2, -0.15) is 9.97 Å². The maximum atomic E-state index is 10.2. The van der Waals surface area contributed by atoms with E-state index >= 15 is 0 Å². The highest BCUT2D eigenvalue weighted by Gasteiger charge is 2.34. The molecule has 4 aromatic carbocycles. The van der Waals surface area contributed by atoms with Crippen LogP contribution in [0.1, 0.15) is 39.5 Å². The third-order valence-corrected chi connectivity index (χ3v) is 11.9. The number of imidazole rings is 1. The lowest BCUT2D eigenvalue weighted by molar-refractivity contribution is 0.267. The fraction of sp³-hybridized carbons (Fsp3) is 0.240. The molecule has 0 bridgehead atoms. The lowest BCUT2D eigenvalue weighted by Crippen LogP contribution is -2.35. The molecule has 11 rings (SSSR count). The second-order valence-electron chi connectivity index (χ2n) is 16.4. The first kappa shape index (κ1) is 41.5. The number of likely N-dealkylation sites (N-methyl/N-ethyl adjacent to an activating group) is 1. The van der Waals surface area contributed by atoms with Gasteiger partial charge in [-0.05, 0) is 86.1 Å². The summed E-state index contributed by atoms with van der Waals surface area (Å²) in [6.07, 6.45) is 9.40. The minimum absolute atomic E-state index is 0.0378. The molecule has 15 heteroatoms. The summed E-state index contributed by atoms with van der Waals surface area (Å²) in [5, 5.41) is 20.3. The van der Waals surface area contributed by atoms with Crippen molar-refractivity contribution in [2.24, 2.45) is 0 Å². The van der Waals surface area contributed by atoms with Crippen LogP contribution in [0.4, 0.5) is 34.8 Å². The Morgan fingerprint density at radius 3 is 2.31 bits per heavy atom. The van der Waals surface area contributed by atoms with Crippen LogP contribution in [0, 0.1) is 6.92 Å². The molecule has 8 aromatic rings. The Hall–Kier alpha value is -7.46. The second-order valence-corrected chi connectivity index (χ2v) is 16.4. The largest absolute Gasteiger partial charge is 0.472 e. The normalized spacial score (nSPS) is 15.3. The van der Waals surface area contributed by atoms with Crippen molar-refractivity contribution in [3.63, 3.8) is 0 Å². The highest BCUT2D eigenvalue weighted by atomic mass is 16.5. The smallest absolute Gasteiger partial charge is 0.230 e. The predicted octanol–water partition coefficient (Wildman–Crippen LogP) is 7.86. The maximum Gasteiger partial charge on any atom is 0.230 e. The number of fused-ring (bicyclic) bond motifs is 3. The van der Waals surface area contributed by atoms with Crippen LogP contribution >= 0.6 is 0 Å². The first-order valence-electron chi connectivity index (χ1n) is 21.9. The lowest BCUT2D eigenvalue weighted by Gasteiger charge is -2.32. The molecule has 7 heterocycles. The van der Waals surface area contributed by atoms with E-state index in [-0.39, 0.29) is 12.6 Å². The molecule has 4 aromatic heterocycles. The molecule has 0 saturated carbocycles. The van der Waals surface area contributed by atoms with Gasteiger partial charge < -0.3 is 44.6 Å². The van der Waals surface area contributed by atoms with Crippen molar-refractivity contribution in [1.29, 1.82) is 0 Å². The number of aliphatic hydroxyl groups is 1. The first-order valence-corrected chi connectivity index (χ1v) is 21.9. The molecule has 3 aliphatic rings. The van der Waals surface area contributed by atoms with Gasteiger partial charge in [-0.25, -0.2) is 19.9 Å². The summed E-state index contributed by atoms with van der Waals surface area (Å²) in [7, 11) is 2.13. The van der Waals surface area contributed by atoms with Gasteiger partial charge in [0.1, 0.15) is 18.2 Å². The minimum atomic E-state index is -0.0378. The molecular formula is C50H50N12O3. The summed E-state index contributed by atoms with van der Waals surface area (Å²) in [4.78, 5) is 32.1. The average Bonchev–Trinajstić information content (AvgIpc) is 4.13. The van der Waals surface area contributed by atoms with Crippen molar-refractivity contribution in [3.05, 3.63) is 168 Å². The number of oxazole rings is 1. The van der Waals surface area contributed by atoms with Gasteiger partial charge in [0.25, 0.3) is 0 Å². The van der Waals surface area contributed by atoms with Crippen molar-refractivity contribution in [2.75, 3.05) is 42.3 Å². The van der Waals surface area contributed by atoms with Crippen LogP contribution < -0.4 is 25.6 Å². The highest BCUT2D eigenvalue weighted by molar-refractivity contribution is 5.73. The van der Waals surface area contributed by atoms with Gasteiger partial charge in [-0.3, -0.25) is 0 Å². The van der Waals surface area contributed by atoms with E-state index in [1.807, 2.05) is 90.5 Å². The Morgan fingerprint density at radius 2 is 1.57 bits per heavy atom. The van der Waals surface area contributed by atoms with Crippen molar-refractivity contribution >= 4 is 34.8 Å². The van der Waals surface area contributed by atoms with E-state index in [0.717, 1.165) is 113 Å². The molecule has 4 N–H and O–H groups in total. The van der Waals surface area contributed by atoms with E-state index in [9.17, 15) is 5.11 Å². The van der Waals surface area contributed by atoms with Crippen LogP contribution in [-0.2, 0) is 39.0 Å². The number of anilines is 6. The zero-order chi connectivity index (χ0) is 44.1. The molecule has 3 aliphatic heterocycles. The van der Waals surface area contributed by atoms with Crippen LogP contribution in [0.15, 0.2) is 133 Å². The topological polar surface area (TPSA) is 167 Å². The maximum absolute atomic E-state index is 10.2. The van der Waals surface area contributed by atoms with E-state index < -0.39 is 0 Å². The van der Waals surface area contributed by atoms with Gasteiger partial charge in [-0.1, -0.05) is 48.5 Å². The van der Waals surface area contributed by atoms with Crippen molar-refractivity contribution in [2.45, 2.75) is 51.9 Å². The number of aliphatic hydroxyl groups excluding tert-OH is 1. The molecule has 1 atom stereocenters. The number of para-hydroxylation sites is 1. The zero-order valence-electron chi connectivity index (χ0n) is 36.4. The van der Waals surface area contributed by atoms with Gasteiger partial charge in [0.15, 0.2) is 12.2 Å². The molecule has 0 radical (unpaired) electrons. The lowest BCUT2D eigenvalue weighted by atomic mass is 10.1. The molecular weight excluding hydrogens is 817 g/mol. The fourth-order valence-corrected chi connectivity index (χ4v) is 8.58. The number of rotatable bonds is 11. The molecule has 0 unspecified atom stereocenters. The summed E-state index contributed by atoms with van der Waals surface area (Å²) in [6.45, 7) is 5.89. The average molecular weight is 867 g/mol. The molecule has 0 spiro atoms. The predicted molar refractivity (Wildman–Crippen MR) is 250 cm³/mol. The molecule has 15 nitrogen and oxygen atoms in total. The number of benzene rings is 4. The van der Waals surface area contributed by atoms with E-state index in [4.69, 9.17) is 24.1 Å².